The van der Waals surface area contributed by atoms with E-state index in [1.807, 2.05) is 0 Å². The van der Waals surface area contributed by atoms with Crippen molar-refractivity contribution < 1.29 is 9.72 Å². The van der Waals surface area contributed by atoms with Gasteiger partial charge in [0.2, 0.25) is 0 Å². The number of aromatic nitrogens is 1. The van der Waals surface area contributed by atoms with Crippen LogP contribution in [0.1, 0.15) is 10.4 Å². The summed E-state index contributed by atoms with van der Waals surface area (Å²) < 4.78 is 2.32. The molecule has 0 bridgehead atoms. The van der Waals surface area contributed by atoms with Gasteiger partial charge >= 0.3 is 4.87 Å². The molecule has 0 radical (unpaired) electrons. The minimum absolute atomic E-state index is 0.0705. The summed E-state index contributed by atoms with van der Waals surface area (Å²) in [5.74, 6) is -0.373. The number of anilines is 1. The number of carbonyl (C=O) groups is 1. The number of fused-ring (bicyclic) bond motifs is 1. The zero-order valence-corrected chi connectivity index (χ0v) is 12.8. The highest BCUT2D eigenvalue weighted by Gasteiger charge is 2.11. The summed E-state index contributed by atoms with van der Waals surface area (Å²) in [6.45, 7) is 0. The van der Waals surface area contributed by atoms with E-state index >= 15 is 0 Å². The highest BCUT2D eigenvalue weighted by Crippen LogP contribution is 2.22. The third-order valence-electron chi connectivity index (χ3n) is 3.39. The number of nitro benzene ring substituents is 1. The molecule has 0 saturated carbocycles. The van der Waals surface area contributed by atoms with Gasteiger partial charge in [0.05, 0.1) is 15.1 Å². The molecule has 3 aromatic rings. The zero-order valence-electron chi connectivity index (χ0n) is 12.0. The number of carbonyl (C=O) groups excluding carboxylic acids is 1. The Kier molecular flexibility index (Phi) is 3.67. The number of thiazole rings is 1. The summed E-state index contributed by atoms with van der Waals surface area (Å²) in [6.07, 6.45) is 0. The van der Waals surface area contributed by atoms with Gasteiger partial charge in [-0.15, -0.1) is 0 Å². The van der Waals surface area contributed by atoms with Crippen molar-refractivity contribution in [3.63, 3.8) is 0 Å². The fraction of sp³-hybridized carbons (Fsp3) is 0.0667. The van der Waals surface area contributed by atoms with E-state index in [0.29, 0.717) is 11.3 Å². The molecule has 3 rings (SSSR count). The van der Waals surface area contributed by atoms with Crippen molar-refractivity contribution in [3.05, 3.63) is 67.8 Å². The van der Waals surface area contributed by atoms with Crippen LogP contribution < -0.4 is 10.2 Å². The van der Waals surface area contributed by atoms with Gasteiger partial charge in [-0.3, -0.25) is 19.7 Å². The summed E-state index contributed by atoms with van der Waals surface area (Å²) in [7, 11) is 1.69. The van der Waals surface area contributed by atoms with E-state index in [2.05, 4.69) is 5.32 Å². The van der Waals surface area contributed by atoms with Gasteiger partial charge in [0.1, 0.15) is 0 Å². The first-order chi connectivity index (χ1) is 11.0. The quantitative estimate of drug-likeness (QED) is 0.590. The third kappa shape index (κ3) is 2.84. The van der Waals surface area contributed by atoms with Gasteiger partial charge in [-0.2, -0.15) is 0 Å². The number of nitrogens with zero attached hydrogens (tertiary/aromatic N) is 2. The van der Waals surface area contributed by atoms with Crippen molar-refractivity contribution in [2.45, 2.75) is 0 Å². The van der Waals surface area contributed by atoms with Crippen LogP contribution in [0.5, 0.6) is 0 Å². The maximum Gasteiger partial charge on any atom is 0.307 e. The molecule has 116 valence electrons. The molecule has 2 aromatic carbocycles. The van der Waals surface area contributed by atoms with Crippen LogP contribution >= 0.6 is 11.3 Å². The molecular weight excluding hydrogens is 318 g/mol. The van der Waals surface area contributed by atoms with E-state index in [1.54, 1.807) is 29.8 Å². The number of hydrogen-bond acceptors (Lipinski definition) is 5. The average Bonchev–Trinajstić information content (AvgIpc) is 2.81. The molecule has 0 aliphatic heterocycles. The maximum atomic E-state index is 12.2. The molecule has 0 atom stereocenters. The SMILES string of the molecule is Cn1c(=O)sc2cc(NC(=O)c3ccc([N+](=O)[O-])cc3)ccc21. The topological polar surface area (TPSA) is 94.2 Å². The summed E-state index contributed by atoms with van der Waals surface area (Å²) in [5.41, 5.74) is 1.60. The Hall–Kier alpha value is -3.00. The molecule has 1 amide bonds. The Labute approximate surface area is 133 Å². The normalized spacial score (nSPS) is 10.7. The Morgan fingerprint density at radius 3 is 2.57 bits per heavy atom. The second-order valence-electron chi connectivity index (χ2n) is 4.87. The number of benzene rings is 2. The molecule has 0 spiro atoms. The van der Waals surface area contributed by atoms with Crippen LogP contribution in [0.2, 0.25) is 0 Å². The lowest BCUT2D eigenvalue weighted by atomic mass is 10.2. The molecule has 1 aromatic heterocycles. The van der Waals surface area contributed by atoms with Crippen molar-refractivity contribution in [1.82, 2.24) is 4.57 Å². The first kappa shape index (κ1) is 14.9. The smallest absolute Gasteiger partial charge is 0.307 e. The van der Waals surface area contributed by atoms with E-state index in [-0.39, 0.29) is 16.5 Å². The Bertz CT molecular complexity index is 973. The Morgan fingerprint density at radius 1 is 1.22 bits per heavy atom. The van der Waals surface area contributed by atoms with E-state index in [0.717, 1.165) is 21.6 Å². The van der Waals surface area contributed by atoms with Crippen LogP contribution in [0.3, 0.4) is 0 Å². The van der Waals surface area contributed by atoms with Crippen LogP contribution in [0.15, 0.2) is 47.3 Å². The standard InChI is InChI=1S/C15H11N3O4S/c1-17-12-7-4-10(8-13(12)23-15(17)20)16-14(19)9-2-5-11(6-3-9)18(21)22/h2-8H,1H3,(H,16,19). The molecule has 7 nitrogen and oxygen atoms in total. The predicted molar refractivity (Wildman–Crippen MR) is 88.1 cm³/mol. The number of nitro groups is 1. The third-order valence-corrected chi connectivity index (χ3v) is 4.39. The predicted octanol–water partition coefficient (Wildman–Crippen LogP) is 2.76. The molecule has 1 N–H and O–H groups in total. The number of hydrogen-bond donors (Lipinski definition) is 1. The molecule has 0 saturated heterocycles. The van der Waals surface area contributed by atoms with Gasteiger partial charge in [-0.1, -0.05) is 11.3 Å². The molecule has 1 heterocycles. The monoisotopic (exact) mass is 329 g/mol. The molecule has 0 unspecified atom stereocenters. The maximum absolute atomic E-state index is 12.2. The van der Waals surface area contributed by atoms with Gasteiger partial charge in [0, 0.05) is 30.4 Å². The van der Waals surface area contributed by atoms with Gasteiger partial charge in [0.25, 0.3) is 11.6 Å². The first-order valence-electron chi connectivity index (χ1n) is 6.61. The second-order valence-corrected chi connectivity index (χ2v) is 5.86. The van der Waals surface area contributed by atoms with Crippen LogP contribution in [-0.2, 0) is 7.05 Å². The van der Waals surface area contributed by atoms with E-state index < -0.39 is 4.92 Å². The fourth-order valence-electron chi connectivity index (χ4n) is 2.15. The summed E-state index contributed by atoms with van der Waals surface area (Å²) in [4.78, 5) is 33.8. The summed E-state index contributed by atoms with van der Waals surface area (Å²) in [6, 6.07) is 10.5. The van der Waals surface area contributed by atoms with Gasteiger partial charge in [0.15, 0.2) is 0 Å². The number of non-ortho nitro benzene ring substituents is 1. The lowest BCUT2D eigenvalue weighted by Crippen LogP contribution is -2.11. The minimum Gasteiger partial charge on any atom is -0.322 e. The number of nitrogens with one attached hydrogen (secondary N) is 1. The Morgan fingerprint density at radius 2 is 1.91 bits per heavy atom. The summed E-state index contributed by atoms with van der Waals surface area (Å²) in [5, 5.41) is 13.3. The first-order valence-corrected chi connectivity index (χ1v) is 7.43. The summed E-state index contributed by atoms with van der Waals surface area (Å²) >= 11 is 1.10. The van der Waals surface area contributed by atoms with Crippen molar-refractivity contribution in [1.29, 1.82) is 0 Å². The van der Waals surface area contributed by atoms with Crippen molar-refractivity contribution >= 4 is 38.8 Å². The molecule has 8 heteroatoms. The van der Waals surface area contributed by atoms with Crippen molar-refractivity contribution in [3.8, 4) is 0 Å². The zero-order chi connectivity index (χ0) is 16.6. The van der Waals surface area contributed by atoms with Crippen LogP contribution in [0.4, 0.5) is 11.4 Å². The van der Waals surface area contributed by atoms with Gasteiger partial charge in [-0.05, 0) is 30.3 Å². The molecule has 0 aliphatic rings. The van der Waals surface area contributed by atoms with Crippen LogP contribution in [-0.4, -0.2) is 15.4 Å². The van der Waals surface area contributed by atoms with Crippen LogP contribution in [0.25, 0.3) is 10.2 Å². The number of rotatable bonds is 3. The average molecular weight is 329 g/mol. The second kappa shape index (κ2) is 5.65. The Balaban J connectivity index is 1.84. The van der Waals surface area contributed by atoms with Gasteiger partial charge in [-0.25, -0.2) is 0 Å². The van der Waals surface area contributed by atoms with E-state index in [9.17, 15) is 19.7 Å². The lowest BCUT2D eigenvalue weighted by Gasteiger charge is -2.05. The van der Waals surface area contributed by atoms with Crippen molar-refractivity contribution in [2.75, 3.05) is 5.32 Å². The number of amides is 1. The fourth-order valence-corrected chi connectivity index (χ4v) is 3.07. The molecule has 23 heavy (non-hydrogen) atoms. The molecule has 0 fully saturated rings. The van der Waals surface area contributed by atoms with Gasteiger partial charge < -0.3 is 9.88 Å². The van der Waals surface area contributed by atoms with Crippen LogP contribution in [0, 0.1) is 10.1 Å². The van der Waals surface area contributed by atoms with Crippen molar-refractivity contribution in [2.24, 2.45) is 7.05 Å². The van der Waals surface area contributed by atoms with E-state index in [1.165, 1.54) is 24.3 Å². The minimum atomic E-state index is -0.521. The molecule has 0 aliphatic carbocycles. The highest BCUT2D eigenvalue weighted by molar-refractivity contribution is 7.16. The van der Waals surface area contributed by atoms with E-state index in [4.69, 9.17) is 0 Å². The lowest BCUT2D eigenvalue weighted by molar-refractivity contribution is -0.384. The largest absolute Gasteiger partial charge is 0.322 e. The molecular formula is C15H11N3O4S. The number of aryl methyl sites for hydroxylation is 1. The highest BCUT2D eigenvalue weighted by atomic mass is 32.1.